The SMILES string of the molecule is CC(C)[C@@H](Nc1ncnc2nc[nH]c12)c1nc2cccc(Cl)c2c(=O)n1-c1cccc(F)c1. The first-order valence-electron chi connectivity index (χ1n) is 10.3. The highest BCUT2D eigenvalue weighted by Crippen LogP contribution is 2.30. The van der Waals surface area contributed by atoms with Crippen LogP contribution in [0.2, 0.25) is 5.02 Å². The Kier molecular flexibility index (Phi) is 5.26. The van der Waals surface area contributed by atoms with Crippen molar-refractivity contribution in [3.63, 3.8) is 0 Å². The first-order chi connectivity index (χ1) is 15.9. The Morgan fingerprint density at radius 1 is 1.12 bits per heavy atom. The number of halogens is 2. The molecule has 0 bridgehead atoms. The zero-order chi connectivity index (χ0) is 23.1. The highest BCUT2D eigenvalue weighted by molar-refractivity contribution is 6.35. The number of nitrogens with one attached hydrogen (secondary N) is 2. The van der Waals surface area contributed by atoms with E-state index in [4.69, 9.17) is 16.6 Å². The van der Waals surface area contributed by atoms with Gasteiger partial charge in [-0.3, -0.25) is 9.36 Å². The van der Waals surface area contributed by atoms with E-state index in [2.05, 4.69) is 25.3 Å². The van der Waals surface area contributed by atoms with Crippen molar-refractivity contribution in [2.75, 3.05) is 5.32 Å². The summed E-state index contributed by atoms with van der Waals surface area (Å²) in [6, 6.07) is 10.5. The minimum absolute atomic E-state index is 0.0266. The molecule has 10 heteroatoms. The second-order valence-electron chi connectivity index (χ2n) is 7.91. The average molecular weight is 464 g/mol. The topological polar surface area (TPSA) is 101 Å². The fourth-order valence-corrected chi connectivity index (χ4v) is 4.08. The van der Waals surface area contributed by atoms with Crippen LogP contribution < -0.4 is 10.9 Å². The number of hydrogen-bond acceptors (Lipinski definition) is 6. The van der Waals surface area contributed by atoms with Crippen LogP contribution in [0.1, 0.15) is 25.7 Å². The number of H-pyrrole nitrogens is 1. The average Bonchev–Trinajstić information content (AvgIpc) is 3.26. The van der Waals surface area contributed by atoms with Gasteiger partial charge in [-0.05, 0) is 36.2 Å². The third kappa shape index (κ3) is 3.70. The van der Waals surface area contributed by atoms with Crippen molar-refractivity contribution < 1.29 is 4.39 Å². The van der Waals surface area contributed by atoms with Crippen LogP contribution in [0.4, 0.5) is 10.2 Å². The third-order valence-corrected chi connectivity index (χ3v) is 5.71. The fraction of sp³-hybridized carbons (Fsp3) is 0.174. The van der Waals surface area contributed by atoms with Crippen LogP contribution in [0.15, 0.2) is 59.9 Å². The van der Waals surface area contributed by atoms with Crippen molar-refractivity contribution in [3.05, 3.63) is 82.1 Å². The summed E-state index contributed by atoms with van der Waals surface area (Å²) in [5.74, 6) is 0.430. The summed E-state index contributed by atoms with van der Waals surface area (Å²) in [7, 11) is 0. The summed E-state index contributed by atoms with van der Waals surface area (Å²) in [6.45, 7) is 3.99. The highest BCUT2D eigenvalue weighted by atomic mass is 35.5. The standard InChI is InChI=1S/C23H19ClFN7O/c1-12(2)18(31-21-19-20(27-10-26-19)28-11-29-21)22-30-16-8-4-7-15(24)17(16)23(33)32(22)14-6-3-5-13(25)9-14/h3-12,18H,1-2H3,(H2,26,27,28,29,31)/t18-/m1/s1. The number of hydrogen-bond donors (Lipinski definition) is 2. The first kappa shape index (κ1) is 21.0. The van der Waals surface area contributed by atoms with E-state index in [1.165, 1.54) is 29.4 Å². The summed E-state index contributed by atoms with van der Waals surface area (Å²) in [6.07, 6.45) is 2.95. The second kappa shape index (κ2) is 8.25. The van der Waals surface area contributed by atoms with Gasteiger partial charge in [0.25, 0.3) is 5.56 Å². The highest BCUT2D eigenvalue weighted by Gasteiger charge is 2.26. The molecule has 5 rings (SSSR count). The largest absolute Gasteiger partial charge is 0.358 e. The molecule has 8 nitrogen and oxygen atoms in total. The third-order valence-electron chi connectivity index (χ3n) is 5.40. The van der Waals surface area contributed by atoms with Crippen molar-refractivity contribution in [1.29, 1.82) is 0 Å². The number of fused-ring (bicyclic) bond motifs is 2. The van der Waals surface area contributed by atoms with Gasteiger partial charge in [-0.25, -0.2) is 24.3 Å². The van der Waals surface area contributed by atoms with Gasteiger partial charge in [-0.1, -0.05) is 37.6 Å². The molecular formula is C23H19ClFN7O. The normalized spacial score (nSPS) is 12.5. The van der Waals surface area contributed by atoms with Gasteiger partial charge >= 0.3 is 0 Å². The molecule has 0 radical (unpaired) electrons. The molecule has 0 aliphatic rings. The van der Waals surface area contributed by atoms with Gasteiger partial charge in [0.15, 0.2) is 11.5 Å². The molecule has 0 aliphatic heterocycles. The van der Waals surface area contributed by atoms with E-state index in [0.29, 0.717) is 34.0 Å². The maximum atomic E-state index is 14.1. The Labute approximate surface area is 192 Å². The van der Waals surface area contributed by atoms with Crippen LogP contribution in [0.5, 0.6) is 0 Å². The van der Waals surface area contributed by atoms with E-state index >= 15 is 0 Å². The van der Waals surface area contributed by atoms with Crippen LogP contribution >= 0.6 is 11.6 Å². The summed E-state index contributed by atoms with van der Waals surface area (Å²) in [5, 5.41) is 3.94. The lowest BCUT2D eigenvalue weighted by Crippen LogP contribution is -2.30. The number of aromatic amines is 1. The fourth-order valence-electron chi connectivity index (χ4n) is 3.83. The minimum atomic E-state index is -0.467. The molecule has 166 valence electrons. The zero-order valence-corrected chi connectivity index (χ0v) is 18.5. The van der Waals surface area contributed by atoms with Crippen molar-refractivity contribution in [2.45, 2.75) is 19.9 Å². The molecule has 1 atom stereocenters. The number of imidazole rings is 1. The Morgan fingerprint density at radius 3 is 2.73 bits per heavy atom. The van der Waals surface area contributed by atoms with Crippen LogP contribution in [0, 0.1) is 11.7 Å². The van der Waals surface area contributed by atoms with Gasteiger partial charge in [0.2, 0.25) is 0 Å². The van der Waals surface area contributed by atoms with Gasteiger partial charge in [-0.15, -0.1) is 0 Å². The molecular weight excluding hydrogens is 445 g/mol. The van der Waals surface area contributed by atoms with Crippen molar-refractivity contribution >= 4 is 39.5 Å². The molecule has 3 heterocycles. The minimum Gasteiger partial charge on any atom is -0.358 e. The van der Waals surface area contributed by atoms with E-state index in [1.54, 1.807) is 30.3 Å². The lowest BCUT2D eigenvalue weighted by molar-refractivity contribution is 0.508. The molecule has 0 amide bonds. The van der Waals surface area contributed by atoms with Gasteiger partial charge in [0, 0.05) is 0 Å². The maximum absolute atomic E-state index is 14.1. The summed E-state index contributed by atoms with van der Waals surface area (Å²) < 4.78 is 15.6. The molecule has 0 unspecified atom stereocenters. The smallest absolute Gasteiger partial charge is 0.267 e. The first-order valence-corrected chi connectivity index (χ1v) is 10.7. The molecule has 0 saturated heterocycles. The lowest BCUT2D eigenvalue weighted by atomic mass is 10.0. The quantitative estimate of drug-likeness (QED) is 0.393. The molecule has 2 aromatic carbocycles. The predicted octanol–water partition coefficient (Wildman–Crippen LogP) is 4.65. The Morgan fingerprint density at radius 2 is 1.94 bits per heavy atom. The molecule has 0 aliphatic carbocycles. The summed E-state index contributed by atoms with van der Waals surface area (Å²) in [4.78, 5) is 34.2. The van der Waals surface area contributed by atoms with Crippen molar-refractivity contribution in [1.82, 2.24) is 29.5 Å². The second-order valence-corrected chi connectivity index (χ2v) is 8.32. The monoisotopic (exact) mass is 463 g/mol. The van der Waals surface area contributed by atoms with Crippen LogP contribution in [0.25, 0.3) is 27.8 Å². The zero-order valence-electron chi connectivity index (χ0n) is 17.8. The van der Waals surface area contributed by atoms with Crippen LogP contribution in [-0.4, -0.2) is 29.5 Å². The van der Waals surface area contributed by atoms with Crippen LogP contribution in [-0.2, 0) is 0 Å². The molecule has 3 aromatic heterocycles. The number of nitrogens with zero attached hydrogens (tertiary/aromatic N) is 5. The van der Waals surface area contributed by atoms with E-state index < -0.39 is 11.9 Å². The van der Waals surface area contributed by atoms with E-state index in [-0.39, 0.29) is 21.9 Å². The van der Waals surface area contributed by atoms with Gasteiger partial charge < -0.3 is 10.3 Å². The molecule has 0 spiro atoms. The Hall–Kier alpha value is -3.85. The van der Waals surface area contributed by atoms with E-state index in [1.807, 2.05) is 13.8 Å². The molecule has 5 aromatic rings. The Balaban J connectivity index is 1.78. The number of benzene rings is 2. The number of aromatic nitrogens is 6. The molecule has 0 fully saturated rings. The van der Waals surface area contributed by atoms with Gasteiger partial charge in [-0.2, -0.15) is 0 Å². The van der Waals surface area contributed by atoms with E-state index in [9.17, 15) is 9.18 Å². The van der Waals surface area contributed by atoms with Crippen molar-refractivity contribution in [3.8, 4) is 5.69 Å². The van der Waals surface area contributed by atoms with Crippen molar-refractivity contribution in [2.24, 2.45) is 5.92 Å². The summed E-state index contributed by atoms with van der Waals surface area (Å²) in [5.41, 5.74) is 1.57. The molecule has 33 heavy (non-hydrogen) atoms. The van der Waals surface area contributed by atoms with Gasteiger partial charge in [0.05, 0.1) is 34.0 Å². The number of rotatable bonds is 5. The predicted molar refractivity (Wildman–Crippen MR) is 125 cm³/mol. The molecule has 2 N–H and O–H groups in total. The van der Waals surface area contributed by atoms with Crippen LogP contribution in [0.3, 0.4) is 0 Å². The van der Waals surface area contributed by atoms with Gasteiger partial charge in [0.1, 0.15) is 23.5 Å². The maximum Gasteiger partial charge on any atom is 0.267 e. The number of anilines is 1. The van der Waals surface area contributed by atoms with E-state index in [0.717, 1.165) is 0 Å². The lowest BCUT2D eigenvalue weighted by Gasteiger charge is -2.26. The summed E-state index contributed by atoms with van der Waals surface area (Å²) >= 11 is 6.36. The molecule has 0 saturated carbocycles. The Bertz CT molecular complexity index is 1550.